The molecular formula is C21H21BrF3NO4. The molecule has 2 aromatic rings. The Balaban J connectivity index is 1.61. The van der Waals surface area contributed by atoms with Gasteiger partial charge in [0.25, 0.3) is 0 Å². The summed E-state index contributed by atoms with van der Waals surface area (Å²) >= 11 is 3.36. The minimum atomic E-state index is -4.48. The fraction of sp³-hybridized carbons (Fsp3) is 0.381. The lowest BCUT2D eigenvalue weighted by atomic mass is 9.84. The minimum absolute atomic E-state index is 0.00976. The van der Waals surface area contributed by atoms with Gasteiger partial charge in [-0.05, 0) is 48.7 Å². The molecule has 0 spiro atoms. The van der Waals surface area contributed by atoms with Gasteiger partial charge in [0, 0.05) is 23.1 Å². The van der Waals surface area contributed by atoms with Crippen LogP contribution in [0.2, 0.25) is 0 Å². The van der Waals surface area contributed by atoms with E-state index in [0.29, 0.717) is 11.3 Å². The minimum Gasteiger partial charge on any atom is -0.496 e. The maximum absolute atomic E-state index is 13.0. The van der Waals surface area contributed by atoms with Crippen molar-refractivity contribution in [2.24, 2.45) is 0 Å². The number of aliphatic hydroxyl groups is 1. The van der Waals surface area contributed by atoms with Crippen molar-refractivity contribution in [2.45, 2.75) is 31.2 Å². The lowest BCUT2D eigenvalue weighted by Gasteiger charge is -2.38. The van der Waals surface area contributed by atoms with Gasteiger partial charge < -0.3 is 19.5 Å². The van der Waals surface area contributed by atoms with Crippen molar-refractivity contribution in [2.75, 3.05) is 20.2 Å². The van der Waals surface area contributed by atoms with Crippen LogP contribution in [0.5, 0.6) is 5.75 Å². The summed E-state index contributed by atoms with van der Waals surface area (Å²) in [6.07, 6.45) is -4.81. The number of hydrogen-bond donors (Lipinski definition) is 1. The third-order valence-corrected chi connectivity index (χ3v) is 5.66. The van der Waals surface area contributed by atoms with Crippen LogP contribution < -0.4 is 4.74 Å². The first-order valence-corrected chi connectivity index (χ1v) is 10.1. The number of alkyl halides is 3. The maximum atomic E-state index is 13.0. The fourth-order valence-electron chi connectivity index (χ4n) is 3.42. The number of ether oxygens (including phenoxy) is 2. The molecule has 1 fully saturated rings. The molecule has 0 bridgehead atoms. The van der Waals surface area contributed by atoms with E-state index in [2.05, 4.69) is 15.9 Å². The van der Waals surface area contributed by atoms with E-state index in [4.69, 9.17) is 9.47 Å². The molecule has 0 aliphatic carbocycles. The van der Waals surface area contributed by atoms with Gasteiger partial charge in [-0.1, -0.05) is 28.1 Å². The molecule has 1 aliphatic heterocycles. The number of rotatable bonds is 4. The maximum Gasteiger partial charge on any atom is 0.416 e. The standard InChI is InChI=1S/C21H21BrF3NO4/c1-29-18-6-5-17(22)11-14(18)13-30-19(27)26-9-7-20(28,8-10-26)15-3-2-4-16(12-15)21(23,24)25/h2-6,11-12,28H,7-10,13H2,1H3. The highest BCUT2D eigenvalue weighted by atomic mass is 79.9. The van der Waals surface area contributed by atoms with Crippen molar-refractivity contribution in [3.63, 3.8) is 0 Å². The van der Waals surface area contributed by atoms with E-state index in [1.807, 2.05) is 6.07 Å². The Hall–Kier alpha value is -2.26. The number of halogens is 4. The lowest BCUT2D eigenvalue weighted by molar-refractivity contribution is -0.137. The van der Waals surface area contributed by atoms with E-state index in [-0.39, 0.29) is 38.1 Å². The molecule has 1 saturated heterocycles. The highest BCUT2D eigenvalue weighted by Gasteiger charge is 2.38. The van der Waals surface area contributed by atoms with Crippen LogP contribution in [0.4, 0.5) is 18.0 Å². The van der Waals surface area contributed by atoms with E-state index >= 15 is 0 Å². The Kier molecular flexibility index (Phi) is 6.62. The molecular weight excluding hydrogens is 467 g/mol. The average Bonchev–Trinajstić information content (AvgIpc) is 2.72. The van der Waals surface area contributed by atoms with Gasteiger partial charge in [0.05, 0.1) is 18.3 Å². The van der Waals surface area contributed by atoms with Crippen LogP contribution in [0.25, 0.3) is 0 Å². The van der Waals surface area contributed by atoms with Crippen LogP contribution in [0.15, 0.2) is 46.9 Å². The Bertz CT molecular complexity index is 911. The monoisotopic (exact) mass is 487 g/mol. The third-order valence-electron chi connectivity index (χ3n) is 5.17. The summed E-state index contributed by atoms with van der Waals surface area (Å²) in [6.45, 7) is 0.345. The molecule has 30 heavy (non-hydrogen) atoms. The van der Waals surface area contributed by atoms with Crippen molar-refractivity contribution in [1.82, 2.24) is 4.90 Å². The normalized spacial score (nSPS) is 16.3. The summed E-state index contributed by atoms with van der Waals surface area (Å²) in [5.74, 6) is 0.587. The summed E-state index contributed by atoms with van der Waals surface area (Å²) in [4.78, 5) is 13.8. The SMILES string of the molecule is COc1ccc(Br)cc1COC(=O)N1CCC(O)(c2cccc(C(F)(F)F)c2)CC1. The topological polar surface area (TPSA) is 59.0 Å². The molecule has 9 heteroatoms. The number of nitrogens with zero attached hydrogens (tertiary/aromatic N) is 1. The van der Waals surface area contributed by atoms with Gasteiger partial charge in [-0.3, -0.25) is 0 Å². The first-order valence-electron chi connectivity index (χ1n) is 9.26. The number of amides is 1. The zero-order chi connectivity index (χ0) is 21.9. The molecule has 0 radical (unpaired) electrons. The number of methoxy groups -OCH3 is 1. The Morgan fingerprint density at radius 2 is 1.90 bits per heavy atom. The lowest BCUT2D eigenvalue weighted by Crippen LogP contribution is -2.45. The number of benzene rings is 2. The van der Waals surface area contributed by atoms with Gasteiger partial charge in [0.15, 0.2) is 0 Å². The molecule has 0 aromatic heterocycles. The molecule has 0 saturated carbocycles. The second-order valence-electron chi connectivity index (χ2n) is 7.11. The van der Waals surface area contributed by atoms with E-state index in [1.54, 1.807) is 12.1 Å². The second-order valence-corrected chi connectivity index (χ2v) is 8.02. The largest absolute Gasteiger partial charge is 0.496 e. The number of piperidine rings is 1. The average molecular weight is 488 g/mol. The summed E-state index contributed by atoms with van der Waals surface area (Å²) in [5.41, 5.74) is -1.34. The molecule has 0 atom stereocenters. The molecule has 1 heterocycles. The first kappa shape index (κ1) is 22.4. The van der Waals surface area contributed by atoms with E-state index in [1.165, 1.54) is 24.1 Å². The summed E-state index contributed by atoms with van der Waals surface area (Å²) < 4.78 is 50.3. The summed E-state index contributed by atoms with van der Waals surface area (Å²) in [5, 5.41) is 10.9. The van der Waals surface area contributed by atoms with E-state index in [0.717, 1.165) is 16.6 Å². The van der Waals surface area contributed by atoms with Crippen molar-refractivity contribution < 1.29 is 32.5 Å². The molecule has 1 N–H and O–H groups in total. The van der Waals surface area contributed by atoms with Gasteiger partial charge in [-0.2, -0.15) is 13.2 Å². The van der Waals surface area contributed by atoms with Gasteiger partial charge in [-0.25, -0.2) is 4.79 Å². The fourth-order valence-corrected chi connectivity index (χ4v) is 3.83. The Labute approximate surface area is 180 Å². The number of carbonyl (C=O) groups is 1. The van der Waals surface area contributed by atoms with Crippen LogP contribution >= 0.6 is 15.9 Å². The second kappa shape index (κ2) is 8.85. The number of carbonyl (C=O) groups excluding carboxylic acids is 1. The molecule has 5 nitrogen and oxygen atoms in total. The zero-order valence-corrected chi connectivity index (χ0v) is 17.8. The van der Waals surface area contributed by atoms with Gasteiger partial charge in [0.1, 0.15) is 12.4 Å². The van der Waals surface area contributed by atoms with Crippen LogP contribution in [0.1, 0.15) is 29.5 Å². The third kappa shape index (κ3) is 5.07. The molecule has 1 amide bonds. The predicted molar refractivity (Wildman–Crippen MR) is 107 cm³/mol. The summed E-state index contributed by atoms with van der Waals surface area (Å²) in [6, 6.07) is 10.0. The molecule has 0 unspecified atom stereocenters. The van der Waals surface area contributed by atoms with Crippen molar-refractivity contribution in [3.05, 3.63) is 63.6 Å². The van der Waals surface area contributed by atoms with Crippen LogP contribution in [0, 0.1) is 0 Å². The number of likely N-dealkylation sites (tertiary alicyclic amines) is 1. The summed E-state index contributed by atoms with van der Waals surface area (Å²) in [7, 11) is 1.52. The molecule has 3 rings (SSSR count). The first-order chi connectivity index (χ1) is 14.1. The van der Waals surface area contributed by atoms with Crippen LogP contribution in [0.3, 0.4) is 0 Å². The van der Waals surface area contributed by atoms with Crippen LogP contribution in [-0.4, -0.2) is 36.3 Å². The smallest absolute Gasteiger partial charge is 0.416 e. The van der Waals surface area contributed by atoms with E-state index in [9.17, 15) is 23.1 Å². The predicted octanol–water partition coefficient (Wildman–Crippen LogP) is 5.10. The molecule has 2 aromatic carbocycles. The Morgan fingerprint density at radius 3 is 2.53 bits per heavy atom. The molecule has 162 valence electrons. The van der Waals surface area contributed by atoms with Gasteiger partial charge in [-0.15, -0.1) is 0 Å². The van der Waals surface area contributed by atoms with Crippen molar-refractivity contribution >= 4 is 22.0 Å². The zero-order valence-electron chi connectivity index (χ0n) is 16.2. The van der Waals surface area contributed by atoms with Crippen LogP contribution in [-0.2, 0) is 23.1 Å². The van der Waals surface area contributed by atoms with E-state index < -0.39 is 23.4 Å². The quantitative estimate of drug-likeness (QED) is 0.651. The van der Waals surface area contributed by atoms with Crippen molar-refractivity contribution in [1.29, 1.82) is 0 Å². The highest BCUT2D eigenvalue weighted by molar-refractivity contribution is 9.10. The highest BCUT2D eigenvalue weighted by Crippen LogP contribution is 2.37. The number of hydrogen-bond acceptors (Lipinski definition) is 4. The molecule has 1 aliphatic rings. The van der Waals surface area contributed by atoms with Gasteiger partial charge in [0.2, 0.25) is 0 Å². The van der Waals surface area contributed by atoms with Crippen molar-refractivity contribution in [3.8, 4) is 5.75 Å². The Morgan fingerprint density at radius 1 is 1.20 bits per heavy atom. The van der Waals surface area contributed by atoms with Gasteiger partial charge >= 0.3 is 12.3 Å².